The second-order valence-electron chi connectivity index (χ2n) is 6.92. The Labute approximate surface area is 161 Å². The topological polar surface area (TPSA) is 44.8 Å². The molecule has 1 aliphatic heterocycles. The van der Waals surface area contributed by atoms with Gasteiger partial charge in [-0.05, 0) is 24.1 Å². The first-order valence-corrected chi connectivity index (χ1v) is 9.66. The van der Waals surface area contributed by atoms with Gasteiger partial charge in [0.1, 0.15) is 5.75 Å². The number of carbonyl (C=O) groups excluding carboxylic acids is 1. The zero-order valence-electron chi connectivity index (χ0n) is 16.1. The molecule has 0 unspecified atom stereocenters. The lowest BCUT2D eigenvalue weighted by Crippen LogP contribution is -2.47. The van der Waals surface area contributed by atoms with E-state index in [0.29, 0.717) is 12.2 Å². The van der Waals surface area contributed by atoms with E-state index >= 15 is 0 Å². The van der Waals surface area contributed by atoms with Gasteiger partial charge in [-0.3, -0.25) is 4.79 Å². The molecule has 0 spiro atoms. The van der Waals surface area contributed by atoms with Gasteiger partial charge < -0.3 is 19.9 Å². The van der Waals surface area contributed by atoms with E-state index in [1.54, 1.807) is 7.11 Å². The molecule has 0 aromatic heterocycles. The van der Waals surface area contributed by atoms with Crippen LogP contribution >= 0.6 is 0 Å². The van der Waals surface area contributed by atoms with E-state index in [4.69, 9.17) is 4.74 Å². The van der Waals surface area contributed by atoms with Crippen LogP contribution in [0.2, 0.25) is 0 Å². The Kier molecular flexibility index (Phi) is 7.25. The van der Waals surface area contributed by atoms with E-state index < -0.39 is 0 Å². The van der Waals surface area contributed by atoms with Gasteiger partial charge in [0.2, 0.25) is 5.91 Å². The van der Waals surface area contributed by atoms with Gasteiger partial charge in [0.25, 0.3) is 0 Å². The van der Waals surface area contributed by atoms with E-state index in [-0.39, 0.29) is 5.91 Å². The van der Waals surface area contributed by atoms with E-state index in [9.17, 15) is 4.79 Å². The predicted molar refractivity (Wildman–Crippen MR) is 109 cm³/mol. The smallest absolute Gasteiger partial charge is 0.225 e. The lowest BCUT2D eigenvalue weighted by atomic mass is 10.1. The standard InChI is InChI=1S/C22H29N3O2/c1-27-21-10-6-5-9-20(21)23-22(26)12-14-25-17-15-24(16-18-25)13-11-19-7-3-2-4-8-19/h2-10H,11-18H2,1H3,(H,23,26). The molecule has 5 heteroatoms. The van der Waals surface area contributed by atoms with Gasteiger partial charge in [-0.15, -0.1) is 0 Å². The zero-order valence-corrected chi connectivity index (χ0v) is 16.1. The van der Waals surface area contributed by atoms with Crippen LogP contribution in [0.3, 0.4) is 0 Å². The van der Waals surface area contributed by atoms with Gasteiger partial charge in [0, 0.05) is 45.7 Å². The molecule has 27 heavy (non-hydrogen) atoms. The minimum atomic E-state index is 0.0333. The summed E-state index contributed by atoms with van der Waals surface area (Å²) in [7, 11) is 1.61. The lowest BCUT2D eigenvalue weighted by Gasteiger charge is -2.34. The number of amides is 1. The molecule has 5 nitrogen and oxygen atoms in total. The molecule has 1 saturated heterocycles. The second-order valence-corrected chi connectivity index (χ2v) is 6.92. The first-order chi connectivity index (χ1) is 13.2. The van der Waals surface area contributed by atoms with Crippen LogP contribution in [0.4, 0.5) is 5.69 Å². The largest absolute Gasteiger partial charge is 0.495 e. The summed E-state index contributed by atoms with van der Waals surface area (Å²) in [6.45, 7) is 6.09. The van der Waals surface area contributed by atoms with E-state index in [1.807, 2.05) is 24.3 Å². The van der Waals surface area contributed by atoms with Crippen molar-refractivity contribution in [2.24, 2.45) is 0 Å². The van der Waals surface area contributed by atoms with E-state index in [0.717, 1.165) is 51.4 Å². The fraction of sp³-hybridized carbons (Fsp3) is 0.409. The van der Waals surface area contributed by atoms with Crippen LogP contribution in [0.1, 0.15) is 12.0 Å². The highest BCUT2D eigenvalue weighted by atomic mass is 16.5. The fourth-order valence-corrected chi connectivity index (χ4v) is 3.39. The summed E-state index contributed by atoms with van der Waals surface area (Å²) in [4.78, 5) is 17.1. The number of hydrogen-bond acceptors (Lipinski definition) is 4. The van der Waals surface area contributed by atoms with Crippen LogP contribution in [0.5, 0.6) is 5.75 Å². The Bertz CT molecular complexity index is 713. The molecule has 1 heterocycles. The second kappa shape index (κ2) is 10.1. The normalized spacial score (nSPS) is 15.4. The molecule has 3 rings (SSSR count). The Morgan fingerprint density at radius 1 is 0.926 bits per heavy atom. The van der Waals surface area contributed by atoms with Crippen LogP contribution < -0.4 is 10.1 Å². The van der Waals surface area contributed by atoms with Gasteiger partial charge in [-0.25, -0.2) is 0 Å². The third-order valence-corrected chi connectivity index (χ3v) is 5.06. The molecule has 1 amide bonds. The summed E-state index contributed by atoms with van der Waals surface area (Å²) in [6.07, 6.45) is 1.60. The Morgan fingerprint density at radius 3 is 2.26 bits per heavy atom. The molecule has 0 bridgehead atoms. The molecular formula is C22H29N3O2. The number of ether oxygens (including phenoxy) is 1. The highest BCUT2D eigenvalue weighted by molar-refractivity contribution is 5.92. The number of benzene rings is 2. The minimum absolute atomic E-state index is 0.0333. The third-order valence-electron chi connectivity index (χ3n) is 5.06. The third kappa shape index (κ3) is 6.08. The van der Waals surface area contributed by atoms with Crippen LogP contribution in [0.25, 0.3) is 0 Å². The van der Waals surface area contributed by atoms with Gasteiger partial charge in [-0.1, -0.05) is 42.5 Å². The summed E-state index contributed by atoms with van der Waals surface area (Å²) in [5.41, 5.74) is 2.13. The van der Waals surface area contributed by atoms with E-state index in [1.165, 1.54) is 5.56 Å². The number of nitrogens with zero attached hydrogens (tertiary/aromatic N) is 2. The molecule has 144 valence electrons. The first-order valence-electron chi connectivity index (χ1n) is 9.66. The summed E-state index contributed by atoms with van der Waals surface area (Å²) < 4.78 is 5.28. The fourth-order valence-electron chi connectivity index (χ4n) is 3.39. The highest BCUT2D eigenvalue weighted by Gasteiger charge is 2.17. The van der Waals surface area contributed by atoms with Gasteiger partial charge in [-0.2, -0.15) is 0 Å². The minimum Gasteiger partial charge on any atom is -0.495 e. The average Bonchev–Trinajstić information content (AvgIpc) is 2.72. The maximum atomic E-state index is 12.2. The van der Waals surface area contributed by atoms with Gasteiger partial charge in [0.05, 0.1) is 12.8 Å². The first kappa shape index (κ1) is 19.4. The molecule has 1 fully saturated rings. The quantitative estimate of drug-likeness (QED) is 0.779. The van der Waals surface area contributed by atoms with Crippen molar-refractivity contribution in [1.82, 2.24) is 9.80 Å². The number of carbonyl (C=O) groups is 1. The molecule has 1 N–H and O–H groups in total. The SMILES string of the molecule is COc1ccccc1NC(=O)CCN1CCN(CCc2ccccc2)CC1. The maximum Gasteiger partial charge on any atom is 0.225 e. The summed E-state index contributed by atoms with van der Waals surface area (Å²) in [5.74, 6) is 0.726. The van der Waals surface area contributed by atoms with Crippen LogP contribution in [-0.4, -0.2) is 62.1 Å². The Balaban J connectivity index is 1.35. The molecule has 0 aliphatic carbocycles. The number of piperazine rings is 1. The number of para-hydroxylation sites is 2. The Morgan fingerprint density at radius 2 is 1.56 bits per heavy atom. The van der Waals surface area contributed by atoms with Crippen molar-refractivity contribution in [1.29, 1.82) is 0 Å². The molecular weight excluding hydrogens is 338 g/mol. The van der Waals surface area contributed by atoms with Gasteiger partial charge in [0.15, 0.2) is 0 Å². The van der Waals surface area contributed by atoms with Crippen molar-refractivity contribution in [3.05, 3.63) is 60.2 Å². The summed E-state index contributed by atoms with van der Waals surface area (Å²) >= 11 is 0. The molecule has 0 radical (unpaired) electrons. The van der Waals surface area contributed by atoms with Crippen molar-refractivity contribution in [3.8, 4) is 5.75 Å². The maximum absolute atomic E-state index is 12.2. The number of nitrogens with one attached hydrogen (secondary N) is 1. The summed E-state index contributed by atoms with van der Waals surface area (Å²) in [6, 6.07) is 18.2. The molecule has 0 atom stereocenters. The molecule has 2 aromatic rings. The van der Waals surface area contributed by atoms with Crippen molar-refractivity contribution < 1.29 is 9.53 Å². The molecule has 1 aliphatic rings. The van der Waals surface area contributed by atoms with Crippen LogP contribution in [0.15, 0.2) is 54.6 Å². The van der Waals surface area contributed by atoms with Crippen LogP contribution in [-0.2, 0) is 11.2 Å². The van der Waals surface area contributed by atoms with Crippen LogP contribution in [0, 0.1) is 0 Å². The summed E-state index contributed by atoms with van der Waals surface area (Å²) in [5, 5.41) is 2.95. The lowest BCUT2D eigenvalue weighted by molar-refractivity contribution is -0.116. The zero-order chi connectivity index (χ0) is 18.9. The number of anilines is 1. The van der Waals surface area contributed by atoms with E-state index in [2.05, 4.69) is 45.4 Å². The number of rotatable bonds is 8. The van der Waals surface area contributed by atoms with Gasteiger partial charge >= 0.3 is 0 Å². The predicted octanol–water partition coefficient (Wildman–Crippen LogP) is 2.88. The monoisotopic (exact) mass is 367 g/mol. The highest BCUT2D eigenvalue weighted by Crippen LogP contribution is 2.23. The van der Waals surface area contributed by atoms with Crippen molar-refractivity contribution in [2.75, 3.05) is 51.7 Å². The van der Waals surface area contributed by atoms with Crippen molar-refractivity contribution >= 4 is 11.6 Å². The average molecular weight is 367 g/mol. The van der Waals surface area contributed by atoms with Crippen molar-refractivity contribution in [2.45, 2.75) is 12.8 Å². The number of methoxy groups -OCH3 is 1. The molecule has 0 saturated carbocycles. The Hall–Kier alpha value is -2.37. The van der Waals surface area contributed by atoms with Crippen molar-refractivity contribution in [3.63, 3.8) is 0 Å². The molecule has 2 aromatic carbocycles. The number of hydrogen-bond donors (Lipinski definition) is 1.